The van der Waals surface area contributed by atoms with Crippen molar-refractivity contribution >= 4 is 39.9 Å². The molecule has 5 rings (SSSR count). The quantitative estimate of drug-likeness (QED) is 0.526. The predicted molar refractivity (Wildman–Crippen MR) is 129 cm³/mol. The summed E-state index contributed by atoms with van der Waals surface area (Å²) in [6, 6.07) is 9.61. The van der Waals surface area contributed by atoms with E-state index in [0.717, 1.165) is 16.1 Å². The van der Waals surface area contributed by atoms with Crippen molar-refractivity contribution in [3.63, 3.8) is 0 Å². The Balaban J connectivity index is 1.55. The van der Waals surface area contributed by atoms with Crippen molar-refractivity contribution in [3.05, 3.63) is 46.4 Å². The Morgan fingerprint density at radius 1 is 1.37 bits per heavy atom. The molecule has 4 heterocycles. The number of nitriles is 1. The third kappa shape index (κ3) is 3.91. The molecule has 1 unspecified atom stereocenters. The van der Waals surface area contributed by atoms with Crippen LogP contribution in [0.1, 0.15) is 24.8 Å². The summed E-state index contributed by atoms with van der Waals surface area (Å²) >= 11 is -1.17. The molecule has 3 aromatic rings. The van der Waals surface area contributed by atoms with Crippen molar-refractivity contribution in [1.82, 2.24) is 24.0 Å². The van der Waals surface area contributed by atoms with Gasteiger partial charge in [-0.1, -0.05) is 0 Å². The van der Waals surface area contributed by atoms with E-state index in [1.54, 1.807) is 33.2 Å². The minimum absolute atomic E-state index is 0.183. The first kappa shape index (κ1) is 23.2. The first-order chi connectivity index (χ1) is 16.9. The summed E-state index contributed by atoms with van der Waals surface area (Å²) in [4.78, 5) is 30.0. The molecular formula is C23H25N7O4S. The van der Waals surface area contributed by atoms with Crippen molar-refractivity contribution in [3.8, 4) is 6.07 Å². The first-order valence-corrected chi connectivity index (χ1v) is 12.3. The lowest BCUT2D eigenvalue weighted by Gasteiger charge is -2.40. The highest BCUT2D eigenvalue weighted by molar-refractivity contribution is 7.89. The molecule has 1 amide bonds. The molecule has 1 atom stereocenters. The van der Waals surface area contributed by atoms with Gasteiger partial charge in [-0.05, 0) is 37.1 Å². The van der Waals surface area contributed by atoms with Crippen LogP contribution in [-0.4, -0.2) is 61.9 Å². The number of piperidine rings is 1. The zero-order valence-electron chi connectivity index (χ0n) is 19.4. The van der Waals surface area contributed by atoms with Crippen LogP contribution in [0.3, 0.4) is 0 Å². The van der Waals surface area contributed by atoms with Crippen molar-refractivity contribution in [2.24, 2.45) is 0 Å². The number of methoxy groups -OCH3 is 1. The molecule has 0 spiro atoms. The van der Waals surface area contributed by atoms with Crippen LogP contribution in [0.5, 0.6) is 0 Å². The number of likely N-dealkylation sites (tertiary alicyclic amines) is 1. The molecule has 2 aliphatic heterocycles. The predicted octanol–water partition coefficient (Wildman–Crippen LogP) is 2.41. The maximum atomic E-state index is 12.9. The molecule has 0 saturated carbocycles. The van der Waals surface area contributed by atoms with Gasteiger partial charge in [-0.25, -0.2) is 4.79 Å². The minimum atomic E-state index is -1.17. The Bertz CT molecular complexity index is 1390. The van der Waals surface area contributed by atoms with Gasteiger partial charge >= 0.3 is 6.09 Å². The highest BCUT2D eigenvalue weighted by atomic mass is 32.2. The minimum Gasteiger partial charge on any atom is -0.593 e. The molecule has 1 aromatic carbocycles. The summed E-state index contributed by atoms with van der Waals surface area (Å²) in [7, 11) is 3.15. The molecule has 0 bridgehead atoms. The van der Waals surface area contributed by atoms with Crippen molar-refractivity contribution in [2.45, 2.75) is 36.2 Å². The van der Waals surface area contributed by atoms with Crippen molar-refractivity contribution < 1.29 is 14.1 Å². The number of nitrogens with zero attached hydrogens (tertiary/aromatic N) is 5. The molecule has 11 nitrogen and oxygen atoms in total. The largest absolute Gasteiger partial charge is 0.593 e. The summed E-state index contributed by atoms with van der Waals surface area (Å²) in [5.74, 6) is 0.377. The fraction of sp³-hybridized carbons (Fsp3) is 0.391. The third-order valence-electron chi connectivity index (χ3n) is 6.78. The maximum absolute atomic E-state index is 12.9. The maximum Gasteiger partial charge on any atom is 0.409 e. The molecular weight excluding hydrogens is 470 g/mol. The number of aromatic amines is 1. The SMILES string of the molecule is COC(=O)N1CCC(CC#N)(n2nc(Nc3ccc4c(c3)CN(C)[S+]4[O-])c3c(=O)[nH]ccc32)CC1. The average molecular weight is 496 g/mol. The van der Waals surface area contributed by atoms with E-state index >= 15 is 0 Å². The number of hydrogen-bond donors (Lipinski definition) is 2. The summed E-state index contributed by atoms with van der Waals surface area (Å²) in [5.41, 5.74) is 1.31. The number of aromatic nitrogens is 3. The number of hydrogen-bond acceptors (Lipinski definition) is 8. The summed E-state index contributed by atoms with van der Waals surface area (Å²) in [5, 5.41) is 18.1. The Labute approximate surface area is 204 Å². The van der Waals surface area contributed by atoms with Gasteiger partial charge in [-0.2, -0.15) is 10.4 Å². The van der Waals surface area contributed by atoms with E-state index in [1.807, 2.05) is 18.2 Å². The second kappa shape index (κ2) is 8.92. The molecule has 0 aliphatic carbocycles. The van der Waals surface area contributed by atoms with E-state index in [0.29, 0.717) is 49.2 Å². The van der Waals surface area contributed by atoms with Gasteiger partial charge in [0, 0.05) is 37.6 Å². The van der Waals surface area contributed by atoms with Crippen LogP contribution in [0.4, 0.5) is 16.3 Å². The van der Waals surface area contributed by atoms with E-state index in [-0.39, 0.29) is 12.0 Å². The summed E-state index contributed by atoms with van der Waals surface area (Å²) < 4.78 is 20.7. The summed E-state index contributed by atoms with van der Waals surface area (Å²) in [6.45, 7) is 1.39. The van der Waals surface area contributed by atoms with Crippen LogP contribution in [0.2, 0.25) is 0 Å². The van der Waals surface area contributed by atoms with Crippen LogP contribution in [0.25, 0.3) is 10.9 Å². The second-order valence-electron chi connectivity index (χ2n) is 8.83. The zero-order chi connectivity index (χ0) is 24.7. The van der Waals surface area contributed by atoms with Crippen LogP contribution in [0, 0.1) is 11.3 Å². The monoisotopic (exact) mass is 495 g/mol. The fourth-order valence-corrected chi connectivity index (χ4v) is 6.05. The number of anilines is 2. The highest BCUT2D eigenvalue weighted by Gasteiger charge is 2.40. The lowest BCUT2D eigenvalue weighted by Crippen LogP contribution is -2.48. The molecule has 2 N–H and O–H groups in total. The lowest BCUT2D eigenvalue weighted by molar-refractivity contribution is 0.0794. The van der Waals surface area contributed by atoms with Crippen LogP contribution in [-0.2, 0) is 28.2 Å². The van der Waals surface area contributed by atoms with E-state index in [1.165, 1.54) is 7.11 Å². The smallest absolute Gasteiger partial charge is 0.409 e. The number of benzene rings is 1. The van der Waals surface area contributed by atoms with Gasteiger partial charge in [-0.3, -0.25) is 9.48 Å². The topological polar surface area (TPSA) is 142 Å². The fourth-order valence-electron chi connectivity index (χ4n) is 4.93. The third-order valence-corrected chi connectivity index (χ3v) is 8.25. The Morgan fingerprint density at radius 3 is 2.86 bits per heavy atom. The van der Waals surface area contributed by atoms with Crippen LogP contribution < -0.4 is 10.9 Å². The normalized spacial score (nSPS) is 19.4. The van der Waals surface area contributed by atoms with Gasteiger partial charge in [-0.15, -0.1) is 4.31 Å². The molecule has 2 aromatic heterocycles. The first-order valence-electron chi connectivity index (χ1n) is 11.2. The van der Waals surface area contributed by atoms with Gasteiger partial charge in [0.25, 0.3) is 5.56 Å². The molecule has 182 valence electrons. The molecule has 0 radical (unpaired) electrons. The van der Waals surface area contributed by atoms with Gasteiger partial charge in [0.1, 0.15) is 5.39 Å². The Kier molecular flexibility index (Phi) is 5.92. The molecule has 35 heavy (non-hydrogen) atoms. The number of amides is 1. The standard InChI is InChI=1S/C23H25N7O4S/c1-28-14-15-13-16(3-4-18(15)35(28)33)26-20-19-17(5-10-25-21(19)31)30(27-20)23(6-9-24)7-11-29(12-8-23)22(32)34-2/h3-5,10,13H,6-8,11-12,14H2,1-2H3,(H,25,31)(H,26,27). The number of H-pyrrole nitrogens is 1. The number of rotatable bonds is 4. The number of carbonyl (C=O) groups excluding carboxylic acids is 1. The molecule has 1 fully saturated rings. The van der Waals surface area contributed by atoms with Crippen molar-refractivity contribution in [1.29, 1.82) is 5.26 Å². The van der Waals surface area contributed by atoms with Crippen molar-refractivity contribution in [2.75, 3.05) is 32.6 Å². The number of fused-ring (bicyclic) bond motifs is 2. The highest BCUT2D eigenvalue weighted by Crippen LogP contribution is 2.38. The van der Waals surface area contributed by atoms with Crippen LogP contribution in [0.15, 0.2) is 40.2 Å². The van der Waals surface area contributed by atoms with Gasteiger partial charge in [0.15, 0.2) is 10.7 Å². The Hall–Kier alpha value is -3.53. The van der Waals surface area contributed by atoms with E-state index in [4.69, 9.17) is 9.84 Å². The summed E-state index contributed by atoms with van der Waals surface area (Å²) in [6.07, 6.45) is 2.34. The Morgan fingerprint density at radius 2 is 2.14 bits per heavy atom. The lowest BCUT2D eigenvalue weighted by atomic mass is 9.85. The second-order valence-corrected chi connectivity index (χ2v) is 10.4. The van der Waals surface area contributed by atoms with Crippen LogP contribution >= 0.6 is 0 Å². The molecule has 2 aliphatic rings. The average Bonchev–Trinajstić information content (AvgIpc) is 3.37. The van der Waals surface area contributed by atoms with Gasteiger partial charge < -0.3 is 24.5 Å². The number of ether oxygens (including phenoxy) is 1. The van der Waals surface area contributed by atoms with Gasteiger partial charge in [0.05, 0.1) is 48.6 Å². The number of carbonyl (C=O) groups is 1. The van der Waals surface area contributed by atoms with E-state index < -0.39 is 23.0 Å². The molecule has 1 saturated heterocycles. The zero-order valence-corrected chi connectivity index (χ0v) is 20.2. The molecule has 12 heteroatoms. The van der Waals surface area contributed by atoms with Gasteiger partial charge in [0.2, 0.25) is 0 Å². The number of nitrogens with one attached hydrogen (secondary N) is 2. The number of pyridine rings is 1. The van der Waals surface area contributed by atoms with E-state index in [2.05, 4.69) is 16.4 Å². The van der Waals surface area contributed by atoms with E-state index in [9.17, 15) is 19.4 Å².